The lowest BCUT2D eigenvalue weighted by molar-refractivity contribution is -0.140. The van der Waals surface area contributed by atoms with Gasteiger partial charge in [-0.25, -0.2) is 0 Å². The minimum atomic E-state index is -1.40. The highest BCUT2D eigenvalue weighted by Crippen LogP contribution is 2.31. The van der Waals surface area contributed by atoms with Crippen molar-refractivity contribution < 1.29 is 48.6 Å². The SMILES string of the molecule is CSCC[C@H](NC(=O)[C@@H](NC(=O)[C@@H](NC(=O)[C@H](Cc1ccc(O)cc1)NC(=O)[C@H](Cc1ccccc1)NC(=O)C(CN)(CCCN=C(N)N)CCCN=C(N)N)C(C)C)C(C)C)C(=O)N[C@@H](Cc1c[nH]c2ccccc12)C(=O)NC(CCCN)(CCCN)CC(=O)O. The number of nitrogens with two attached hydrogens (primary N) is 7. The normalized spacial score (nSPS) is 13.5. The summed E-state index contributed by atoms with van der Waals surface area (Å²) in [7, 11) is 0. The second-order valence-corrected chi connectivity index (χ2v) is 25.0. The average molecular weight is 1300 g/mol. The number of carbonyl (C=O) groups excluding carboxylic acids is 7. The van der Waals surface area contributed by atoms with E-state index >= 15 is 0 Å². The molecule has 1 heterocycles. The lowest BCUT2D eigenvalue weighted by atomic mass is 9.77. The zero-order chi connectivity index (χ0) is 68.0. The van der Waals surface area contributed by atoms with E-state index in [4.69, 9.17) is 40.1 Å². The Morgan fingerprint density at radius 3 is 1.57 bits per heavy atom. The van der Waals surface area contributed by atoms with Gasteiger partial charge in [0.25, 0.3) is 0 Å². The second-order valence-electron chi connectivity index (χ2n) is 24.0. The van der Waals surface area contributed by atoms with Gasteiger partial charge in [-0.15, -0.1) is 0 Å². The molecule has 0 unspecified atom stereocenters. The molecule has 28 heteroatoms. The van der Waals surface area contributed by atoms with Crippen molar-refractivity contribution in [2.45, 2.75) is 153 Å². The molecule has 0 bridgehead atoms. The summed E-state index contributed by atoms with van der Waals surface area (Å²) in [5.41, 5.74) is 40.7. The molecule has 0 aliphatic heterocycles. The first-order valence-electron chi connectivity index (χ1n) is 31.2. The number of H-pyrrole nitrogens is 1. The number of carboxylic acid groups (broad SMARTS) is 1. The van der Waals surface area contributed by atoms with Crippen LogP contribution in [0.15, 0.2) is 95.0 Å². The van der Waals surface area contributed by atoms with Crippen molar-refractivity contribution >= 4 is 81.9 Å². The third kappa shape index (κ3) is 24.6. The first-order chi connectivity index (χ1) is 43.8. The Morgan fingerprint density at radius 1 is 0.565 bits per heavy atom. The molecule has 0 aliphatic carbocycles. The van der Waals surface area contributed by atoms with E-state index in [1.54, 1.807) is 76.4 Å². The van der Waals surface area contributed by atoms with E-state index in [1.807, 2.05) is 30.5 Å². The molecule has 0 saturated carbocycles. The summed E-state index contributed by atoms with van der Waals surface area (Å²) in [4.78, 5) is 127. The molecule has 24 N–H and O–H groups in total. The Labute approximate surface area is 543 Å². The van der Waals surface area contributed by atoms with E-state index in [-0.39, 0.29) is 102 Å². The van der Waals surface area contributed by atoms with Gasteiger partial charge in [0, 0.05) is 56.0 Å². The number of phenolic OH excluding ortho intramolecular Hbond substituents is 1. The van der Waals surface area contributed by atoms with Crippen molar-refractivity contribution in [3.8, 4) is 5.75 Å². The molecule has 0 fully saturated rings. The van der Waals surface area contributed by atoms with Crippen LogP contribution in [0.3, 0.4) is 0 Å². The van der Waals surface area contributed by atoms with E-state index in [0.717, 1.165) is 10.9 Å². The van der Waals surface area contributed by atoms with Gasteiger partial charge in [0.05, 0.1) is 17.4 Å². The number of nitrogens with zero attached hydrogens (tertiary/aromatic N) is 2. The number of hydrogen-bond acceptors (Lipinski definition) is 15. The lowest BCUT2D eigenvalue weighted by Gasteiger charge is -2.36. The largest absolute Gasteiger partial charge is 0.508 e. The molecular weight excluding hydrogens is 1200 g/mol. The predicted octanol–water partition coefficient (Wildman–Crippen LogP) is 0.735. The van der Waals surface area contributed by atoms with Crippen molar-refractivity contribution in [2.75, 3.05) is 44.7 Å². The van der Waals surface area contributed by atoms with Crippen molar-refractivity contribution in [1.82, 2.24) is 42.2 Å². The van der Waals surface area contributed by atoms with Crippen molar-refractivity contribution in [3.63, 3.8) is 0 Å². The molecule has 27 nitrogen and oxygen atoms in total. The Kier molecular flexibility index (Phi) is 31.7. The fourth-order valence-electron chi connectivity index (χ4n) is 10.9. The number of phenols is 1. The van der Waals surface area contributed by atoms with Crippen LogP contribution in [0.2, 0.25) is 0 Å². The smallest absolute Gasteiger partial charge is 0.305 e. The molecule has 92 heavy (non-hydrogen) atoms. The number of benzene rings is 3. The van der Waals surface area contributed by atoms with Gasteiger partial charge in [-0.2, -0.15) is 11.8 Å². The van der Waals surface area contributed by atoms with E-state index in [1.165, 1.54) is 23.9 Å². The number of fused-ring (bicyclic) bond motifs is 1. The van der Waals surface area contributed by atoms with Crippen LogP contribution in [-0.4, -0.2) is 161 Å². The van der Waals surface area contributed by atoms with Crippen molar-refractivity contribution in [2.24, 2.45) is 67.4 Å². The van der Waals surface area contributed by atoms with E-state index in [9.17, 15) is 48.6 Å². The molecule has 0 aliphatic rings. The number of aliphatic imine (C=N–C) groups is 2. The number of carbonyl (C=O) groups is 8. The van der Waals surface area contributed by atoms with Gasteiger partial charge >= 0.3 is 5.97 Å². The number of aromatic amines is 1. The monoisotopic (exact) mass is 1300 g/mol. The molecule has 0 radical (unpaired) electrons. The minimum absolute atomic E-state index is 0.0223. The summed E-state index contributed by atoms with van der Waals surface area (Å²) in [6.07, 6.45) is 5.40. The van der Waals surface area contributed by atoms with Crippen LogP contribution < -0.4 is 77.4 Å². The van der Waals surface area contributed by atoms with Crippen molar-refractivity contribution in [1.29, 1.82) is 0 Å². The van der Waals surface area contributed by atoms with Crippen LogP contribution in [0.5, 0.6) is 5.75 Å². The summed E-state index contributed by atoms with van der Waals surface area (Å²) < 4.78 is 0. The molecule has 0 spiro atoms. The highest BCUT2D eigenvalue weighted by atomic mass is 32.2. The van der Waals surface area contributed by atoms with Crippen molar-refractivity contribution in [3.05, 3.63) is 102 Å². The number of para-hydroxylation sites is 1. The highest BCUT2D eigenvalue weighted by molar-refractivity contribution is 7.98. The number of nitrogens with one attached hydrogen (secondary N) is 8. The van der Waals surface area contributed by atoms with Crippen LogP contribution >= 0.6 is 11.8 Å². The van der Waals surface area contributed by atoms with Gasteiger partial charge in [0.2, 0.25) is 41.4 Å². The number of aromatic nitrogens is 1. The van der Waals surface area contributed by atoms with Gasteiger partial charge in [-0.1, -0.05) is 88.4 Å². The number of hydrogen-bond donors (Lipinski definition) is 17. The summed E-state index contributed by atoms with van der Waals surface area (Å²) in [5, 5.41) is 41.2. The molecule has 3 aromatic carbocycles. The highest BCUT2D eigenvalue weighted by Gasteiger charge is 2.41. The topological polar surface area (TPSA) is 484 Å². The Morgan fingerprint density at radius 2 is 1.04 bits per heavy atom. The number of carboxylic acids is 1. The van der Waals surface area contributed by atoms with Crippen LogP contribution in [0.4, 0.5) is 0 Å². The first kappa shape index (κ1) is 76.0. The van der Waals surface area contributed by atoms with Gasteiger partial charge in [0.15, 0.2) is 11.9 Å². The molecule has 0 saturated heterocycles. The molecule has 6 atom stereocenters. The van der Waals surface area contributed by atoms with Crippen LogP contribution in [-0.2, 0) is 57.6 Å². The molecule has 7 amide bonds. The third-order valence-electron chi connectivity index (χ3n) is 16.1. The van der Waals surface area contributed by atoms with Gasteiger partial charge in [-0.3, -0.25) is 48.3 Å². The van der Waals surface area contributed by atoms with E-state index < -0.39 is 113 Å². The number of amides is 7. The second kappa shape index (κ2) is 38.4. The number of thioether (sulfide) groups is 1. The number of rotatable bonds is 42. The van der Waals surface area contributed by atoms with Gasteiger partial charge in [0.1, 0.15) is 42.0 Å². The predicted molar refractivity (Wildman–Crippen MR) is 359 cm³/mol. The Balaban J connectivity index is 1.66. The molecule has 1 aromatic heterocycles. The fraction of sp³-hybridized carbons (Fsp3) is 0.531. The van der Waals surface area contributed by atoms with Gasteiger partial charge < -0.3 is 92.6 Å². The van der Waals surface area contributed by atoms with E-state index in [0.29, 0.717) is 48.1 Å². The fourth-order valence-corrected chi connectivity index (χ4v) is 11.4. The summed E-state index contributed by atoms with van der Waals surface area (Å²) >= 11 is 1.41. The van der Waals surface area contributed by atoms with Crippen LogP contribution in [0.25, 0.3) is 10.9 Å². The lowest BCUT2D eigenvalue weighted by Crippen LogP contribution is -2.62. The van der Waals surface area contributed by atoms with E-state index in [2.05, 4.69) is 52.2 Å². The van der Waals surface area contributed by atoms with Gasteiger partial charge in [-0.05, 0) is 130 Å². The summed E-state index contributed by atoms with van der Waals surface area (Å²) in [6, 6.07) is 14.5. The molecular formula is C64H99N17O10S. The number of aromatic hydroxyl groups is 1. The average Bonchev–Trinajstić information content (AvgIpc) is 1.39. The summed E-state index contributed by atoms with van der Waals surface area (Å²) in [6.45, 7) is 7.45. The molecule has 4 aromatic rings. The third-order valence-corrected chi connectivity index (χ3v) is 16.7. The zero-order valence-corrected chi connectivity index (χ0v) is 54.5. The minimum Gasteiger partial charge on any atom is -0.508 e. The van der Waals surface area contributed by atoms with Crippen LogP contribution in [0, 0.1) is 17.3 Å². The zero-order valence-electron chi connectivity index (χ0n) is 53.6. The van der Waals surface area contributed by atoms with Crippen LogP contribution in [0.1, 0.15) is 109 Å². The maximum atomic E-state index is 14.9. The maximum absolute atomic E-state index is 14.9. The molecule has 4 rings (SSSR count). The quantitative estimate of drug-likeness (QED) is 0.0165. The number of aliphatic carboxylic acids is 1. The standard InChI is InChI=1S/C64H99N17O10S/c1-39(2)52(58(89)75-47(23-32-92-5)54(85)77-50(35-43-37-74-46-18-10-9-17-45(43)46)57(88)81-64(26-11-28-65,27-12-29-66)36-51(83)84)80-59(90)53(40(3)4)79-56(87)48(34-42-19-21-44(82)22-20-42)76-55(86)49(33-41-15-7-6-8-16-41)78-60(91)63(38-67,24-13-30-72-61(68)69)25-14-31-73-62(70)71/h6-10,15-22,37,39-40,47-50,52-53,74,82H,11-14,23-36,38,65-67H2,1-5H3,(H,75,89)(H,76,86)(H,77,85)(H,78,91)(H,79,87)(H,80,90)(H,81,88)(H,83,84)(H4,68,69,72)(H4,70,71,73)/t47-,48-,49-,50-,52-,53-/m0/s1. The summed E-state index contributed by atoms with van der Waals surface area (Å²) in [5.74, 6) is -7.26. The Bertz CT molecular complexity index is 3050. The first-order valence-corrected chi connectivity index (χ1v) is 32.6. The molecule has 506 valence electrons. The Hall–Kier alpha value is -8.47. The maximum Gasteiger partial charge on any atom is 0.305 e. The number of guanidine groups is 2.